The Morgan fingerprint density at radius 2 is 2.00 bits per heavy atom. The second-order valence-corrected chi connectivity index (χ2v) is 4.90. The minimum atomic E-state index is -4.53. The fourth-order valence-electron chi connectivity index (χ4n) is 1.61. The first-order valence-corrected chi connectivity index (χ1v) is 6.53. The molecule has 0 saturated carbocycles. The number of aliphatic hydroxyl groups is 1. The highest BCUT2D eigenvalue weighted by atomic mass is 19.4. The van der Waals surface area contributed by atoms with E-state index < -0.39 is 29.7 Å². The second kappa shape index (κ2) is 7.26. The van der Waals surface area contributed by atoms with Gasteiger partial charge in [-0.05, 0) is 31.5 Å². The van der Waals surface area contributed by atoms with Crippen LogP contribution in [0.4, 0.5) is 18.9 Å². The molecule has 0 saturated heterocycles. The lowest BCUT2D eigenvalue weighted by Gasteiger charge is -2.17. The molecule has 1 aromatic carbocycles. The van der Waals surface area contributed by atoms with Crippen molar-refractivity contribution in [1.29, 1.82) is 0 Å². The molecule has 1 atom stereocenters. The number of carbonyl (C=O) groups excluding carboxylic acids is 2. The Balaban J connectivity index is 2.70. The van der Waals surface area contributed by atoms with Crippen molar-refractivity contribution in [2.24, 2.45) is 0 Å². The highest BCUT2D eigenvalue weighted by Gasteiger charge is 2.30. The molecule has 1 aromatic rings. The maximum Gasteiger partial charge on any atom is 0.416 e. The molecule has 0 bridgehead atoms. The van der Waals surface area contributed by atoms with Gasteiger partial charge in [0.15, 0.2) is 0 Å². The highest BCUT2D eigenvalue weighted by molar-refractivity contribution is 6.39. The van der Waals surface area contributed by atoms with Crippen molar-refractivity contribution in [3.63, 3.8) is 0 Å². The number of benzene rings is 1. The Morgan fingerprint density at radius 1 is 1.36 bits per heavy atom. The Morgan fingerprint density at radius 3 is 2.55 bits per heavy atom. The maximum atomic E-state index is 12.6. The Bertz CT molecular complexity index is 544. The summed E-state index contributed by atoms with van der Waals surface area (Å²) in [5.74, 6) is -1.93. The van der Waals surface area contributed by atoms with E-state index in [4.69, 9.17) is 5.11 Å². The zero-order chi connectivity index (χ0) is 16.9. The van der Waals surface area contributed by atoms with Gasteiger partial charge in [0.2, 0.25) is 0 Å². The average molecular weight is 318 g/mol. The second-order valence-electron chi connectivity index (χ2n) is 4.90. The summed E-state index contributed by atoms with van der Waals surface area (Å²) in [6.07, 6.45) is -4.86. The Hall–Kier alpha value is -2.09. The number of anilines is 1. The summed E-state index contributed by atoms with van der Waals surface area (Å²) in [6, 6.07) is 4.02. The van der Waals surface area contributed by atoms with Gasteiger partial charge in [0.1, 0.15) is 0 Å². The summed E-state index contributed by atoms with van der Waals surface area (Å²) in [7, 11) is 1.37. The molecular formula is C14H17F3N2O3. The first-order valence-electron chi connectivity index (χ1n) is 6.53. The molecule has 1 unspecified atom stereocenters. The van der Waals surface area contributed by atoms with Gasteiger partial charge < -0.3 is 15.3 Å². The number of nitrogens with zero attached hydrogens (tertiary/aromatic N) is 1. The van der Waals surface area contributed by atoms with E-state index in [9.17, 15) is 22.8 Å². The number of hydrogen-bond donors (Lipinski definition) is 2. The van der Waals surface area contributed by atoms with Gasteiger partial charge in [-0.2, -0.15) is 13.2 Å². The zero-order valence-corrected chi connectivity index (χ0v) is 12.1. The first kappa shape index (κ1) is 18.0. The summed E-state index contributed by atoms with van der Waals surface area (Å²) in [5.41, 5.74) is -1.03. The van der Waals surface area contributed by atoms with Gasteiger partial charge in [0, 0.05) is 19.3 Å². The molecule has 0 aliphatic heterocycles. The van der Waals surface area contributed by atoms with Crippen molar-refractivity contribution >= 4 is 17.5 Å². The fraction of sp³-hybridized carbons (Fsp3) is 0.429. The summed E-state index contributed by atoms with van der Waals surface area (Å²) in [4.78, 5) is 24.6. The van der Waals surface area contributed by atoms with Crippen LogP contribution >= 0.6 is 0 Å². The highest BCUT2D eigenvalue weighted by Crippen LogP contribution is 2.30. The summed E-state index contributed by atoms with van der Waals surface area (Å²) in [6.45, 7) is 1.70. The van der Waals surface area contributed by atoms with Crippen LogP contribution in [0.3, 0.4) is 0 Å². The van der Waals surface area contributed by atoms with E-state index in [1.807, 2.05) is 0 Å². The number of hydrogen-bond acceptors (Lipinski definition) is 3. The van der Waals surface area contributed by atoms with Crippen LogP contribution in [0, 0.1) is 0 Å². The van der Waals surface area contributed by atoms with E-state index in [-0.39, 0.29) is 12.2 Å². The zero-order valence-electron chi connectivity index (χ0n) is 12.1. The molecule has 22 heavy (non-hydrogen) atoms. The molecule has 2 amide bonds. The predicted octanol–water partition coefficient (Wildman–Crippen LogP) is 1.87. The largest absolute Gasteiger partial charge is 0.416 e. The SMILES string of the molecule is CC(O)CCN(C)C(=O)C(=O)Nc1cccc(C(F)(F)F)c1. The molecule has 1 rings (SSSR count). The first-order chi connectivity index (χ1) is 10.1. The van der Waals surface area contributed by atoms with Crippen molar-refractivity contribution < 1.29 is 27.9 Å². The van der Waals surface area contributed by atoms with Gasteiger partial charge in [-0.3, -0.25) is 9.59 Å². The molecule has 0 fully saturated rings. The normalized spacial score (nSPS) is 12.6. The molecule has 8 heteroatoms. The van der Waals surface area contributed by atoms with Crippen LogP contribution in [0.1, 0.15) is 18.9 Å². The molecule has 2 N–H and O–H groups in total. The van der Waals surface area contributed by atoms with E-state index in [0.717, 1.165) is 23.1 Å². The number of aliphatic hydroxyl groups excluding tert-OH is 1. The lowest BCUT2D eigenvalue weighted by atomic mass is 10.2. The molecule has 0 aromatic heterocycles. The van der Waals surface area contributed by atoms with Crippen molar-refractivity contribution in [3.8, 4) is 0 Å². The fourth-order valence-corrected chi connectivity index (χ4v) is 1.61. The third kappa shape index (κ3) is 5.36. The van der Waals surface area contributed by atoms with Crippen molar-refractivity contribution in [3.05, 3.63) is 29.8 Å². The third-order valence-corrected chi connectivity index (χ3v) is 2.87. The molecule has 122 valence electrons. The number of alkyl halides is 3. The molecule has 0 aliphatic carbocycles. The molecule has 0 radical (unpaired) electrons. The van der Waals surface area contributed by atoms with E-state index in [1.165, 1.54) is 13.1 Å². The van der Waals surface area contributed by atoms with E-state index in [0.29, 0.717) is 6.42 Å². The predicted molar refractivity (Wildman–Crippen MR) is 74.0 cm³/mol. The number of nitrogens with one attached hydrogen (secondary N) is 1. The van der Waals surface area contributed by atoms with Crippen molar-refractivity contribution in [2.45, 2.75) is 25.6 Å². The van der Waals surface area contributed by atoms with E-state index in [1.54, 1.807) is 6.92 Å². The summed E-state index contributed by atoms with van der Waals surface area (Å²) < 4.78 is 37.7. The smallest absolute Gasteiger partial charge is 0.393 e. The van der Waals surface area contributed by atoms with Crippen LogP contribution < -0.4 is 5.32 Å². The van der Waals surface area contributed by atoms with Crippen LogP contribution in [0.2, 0.25) is 0 Å². The minimum Gasteiger partial charge on any atom is -0.393 e. The van der Waals surface area contributed by atoms with E-state index in [2.05, 4.69) is 5.32 Å². The summed E-state index contributed by atoms with van der Waals surface area (Å²) in [5, 5.41) is 11.2. The van der Waals surface area contributed by atoms with Gasteiger partial charge >= 0.3 is 18.0 Å². The number of halogens is 3. The van der Waals surface area contributed by atoms with Crippen LogP contribution in [0.5, 0.6) is 0 Å². The molecular weight excluding hydrogens is 301 g/mol. The van der Waals surface area contributed by atoms with Gasteiger partial charge in [0.05, 0.1) is 11.7 Å². The molecule has 0 aliphatic rings. The lowest BCUT2D eigenvalue weighted by molar-refractivity contribution is -0.142. The van der Waals surface area contributed by atoms with Crippen LogP contribution in [0.25, 0.3) is 0 Å². The third-order valence-electron chi connectivity index (χ3n) is 2.87. The standard InChI is InChI=1S/C14H17F3N2O3/c1-9(20)6-7-19(2)13(22)12(21)18-11-5-3-4-10(8-11)14(15,16)17/h3-5,8-9,20H,6-7H2,1-2H3,(H,18,21). The quantitative estimate of drug-likeness (QED) is 0.833. The number of rotatable bonds is 4. The van der Waals surface area contributed by atoms with Gasteiger partial charge in [-0.1, -0.05) is 6.07 Å². The van der Waals surface area contributed by atoms with Crippen LogP contribution in [-0.2, 0) is 15.8 Å². The number of likely N-dealkylation sites (N-methyl/N-ethyl adjacent to an activating group) is 1. The van der Waals surface area contributed by atoms with Gasteiger partial charge in [0.25, 0.3) is 0 Å². The average Bonchev–Trinajstić information content (AvgIpc) is 2.43. The van der Waals surface area contributed by atoms with Gasteiger partial charge in [-0.25, -0.2) is 0 Å². The summed E-state index contributed by atoms with van der Waals surface area (Å²) >= 11 is 0. The Labute approximate surface area is 125 Å². The van der Waals surface area contributed by atoms with Crippen molar-refractivity contribution in [2.75, 3.05) is 18.9 Å². The lowest BCUT2D eigenvalue weighted by Crippen LogP contribution is -2.38. The van der Waals surface area contributed by atoms with E-state index >= 15 is 0 Å². The molecule has 0 spiro atoms. The minimum absolute atomic E-state index is 0.114. The van der Waals surface area contributed by atoms with Gasteiger partial charge in [-0.15, -0.1) is 0 Å². The molecule has 0 heterocycles. The maximum absolute atomic E-state index is 12.6. The topological polar surface area (TPSA) is 69.6 Å². The number of carbonyl (C=O) groups is 2. The van der Waals surface area contributed by atoms with Crippen LogP contribution in [0.15, 0.2) is 24.3 Å². The van der Waals surface area contributed by atoms with Crippen LogP contribution in [-0.4, -0.2) is 41.5 Å². The number of amides is 2. The monoisotopic (exact) mass is 318 g/mol. The van der Waals surface area contributed by atoms with Crippen molar-refractivity contribution in [1.82, 2.24) is 4.90 Å². The molecule has 5 nitrogen and oxygen atoms in total. The Kier molecular flexibility index (Phi) is 5.92.